The molecule has 4 heteroatoms. The summed E-state index contributed by atoms with van der Waals surface area (Å²) in [4.78, 5) is 0. The fraction of sp³-hybridized carbons (Fsp3) is 0.538. The van der Waals surface area contributed by atoms with Crippen molar-refractivity contribution in [1.82, 2.24) is 4.72 Å². The first-order chi connectivity index (χ1) is 8.00. The molecule has 0 aromatic heterocycles. The summed E-state index contributed by atoms with van der Waals surface area (Å²) in [7, 11) is -1.67. The number of rotatable bonds is 6. The molecule has 1 rings (SSSR count). The van der Waals surface area contributed by atoms with Crippen LogP contribution in [-0.4, -0.2) is 21.2 Å². The highest BCUT2D eigenvalue weighted by Crippen LogP contribution is 2.27. The van der Waals surface area contributed by atoms with Crippen molar-refractivity contribution in [2.75, 3.05) is 12.8 Å². The van der Waals surface area contributed by atoms with Gasteiger partial charge in [0.05, 0.1) is 5.75 Å². The van der Waals surface area contributed by atoms with Crippen molar-refractivity contribution in [3.8, 4) is 0 Å². The van der Waals surface area contributed by atoms with Crippen LogP contribution in [0.3, 0.4) is 0 Å². The fourth-order valence-electron chi connectivity index (χ4n) is 2.01. The molecule has 17 heavy (non-hydrogen) atoms. The van der Waals surface area contributed by atoms with E-state index in [1.165, 1.54) is 12.6 Å². The Morgan fingerprint density at radius 2 is 1.82 bits per heavy atom. The Balaban J connectivity index is 2.82. The zero-order valence-corrected chi connectivity index (χ0v) is 11.5. The highest BCUT2D eigenvalue weighted by atomic mass is 32.2. The molecule has 0 aliphatic heterocycles. The van der Waals surface area contributed by atoms with Gasteiger partial charge in [0, 0.05) is 0 Å². The van der Waals surface area contributed by atoms with Gasteiger partial charge in [-0.25, -0.2) is 13.1 Å². The lowest BCUT2D eigenvalue weighted by atomic mass is 9.87. The molecule has 1 N–H and O–H groups in total. The van der Waals surface area contributed by atoms with E-state index in [1.807, 2.05) is 25.1 Å². The topological polar surface area (TPSA) is 46.2 Å². The van der Waals surface area contributed by atoms with Crippen LogP contribution < -0.4 is 4.72 Å². The summed E-state index contributed by atoms with van der Waals surface area (Å²) in [6.45, 7) is 4.13. The van der Waals surface area contributed by atoms with E-state index in [4.69, 9.17) is 0 Å². The third kappa shape index (κ3) is 4.13. The smallest absolute Gasteiger partial charge is 0.211 e. The summed E-state index contributed by atoms with van der Waals surface area (Å²) in [5.74, 6) is 0.593. The van der Waals surface area contributed by atoms with E-state index in [0.717, 1.165) is 6.42 Å². The van der Waals surface area contributed by atoms with Crippen LogP contribution in [0.1, 0.15) is 31.7 Å². The highest BCUT2D eigenvalue weighted by molar-refractivity contribution is 7.89. The van der Waals surface area contributed by atoms with Gasteiger partial charge in [-0.15, -0.1) is 0 Å². The lowest BCUT2D eigenvalue weighted by molar-refractivity contribution is 0.465. The van der Waals surface area contributed by atoms with Gasteiger partial charge in [-0.1, -0.05) is 50.6 Å². The van der Waals surface area contributed by atoms with Gasteiger partial charge < -0.3 is 0 Å². The van der Waals surface area contributed by atoms with Crippen LogP contribution in [0.5, 0.6) is 0 Å². The van der Waals surface area contributed by atoms with Gasteiger partial charge in [0.2, 0.25) is 10.0 Å². The molecular formula is C13H21NO2S. The molecule has 0 spiro atoms. The van der Waals surface area contributed by atoms with Crippen molar-refractivity contribution >= 4 is 10.0 Å². The highest BCUT2D eigenvalue weighted by Gasteiger charge is 2.22. The molecule has 1 aromatic carbocycles. The van der Waals surface area contributed by atoms with Gasteiger partial charge >= 0.3 is 0 Å². The minimum absolute atomic E-state index is 0.148. The van der Waals surface area contributed by atoms with Crippen molar-refractivity contribution in [1.29, 1.82) is 0 Å². The van der Waals surface area contributed by atoms with Gasteiger partial charge in [0.1, 0.15) is 0 Å². The van der Waals surface area contributed by atoms with Gasteiger partial charge in [0.15, 0.2) is 0 Å². The molecular weight excluding hydrogens is 234 g/mol. The summed E-state index contributed by atoms with van der Waals surface area (Å²) < 4.78 is 25.6. The predicted molar refractivity (Wildman–Crippen MR) is 71.5 cm³/mol. The Bertz CT molecular complexity index is 428. The number of hydrogen-bond donors (Lipinski definition) is 1. The number of sulfonamides is 1. The van der Waals surface area contributed by atoms with E-state index in [1.54, 1.807) is 0 Å². The molecule has 2 atom stereocenters. The summed E-state index contributed by atoms with van der Waals surface area (Å²) in [6, 6.07) is 10.1. The van der Waals surface area contributed by atoms with Gasteiger partial charge in [-0.05, 0) is 24.4 Å². The Kier molecular flexibility index (Phi) is 5.15. The predicted octanol–water partition coefficient (Wildman–Crippen LogP) is 2.37. The minimum Gasteiger partial charge on any atom is -0.218 e. The standard InChI is InChI=1S/C13H21NO2S/c1-4-12(10-17(15,16)14-3)11(2)13-8-6-5-7-9-13/h5-9,11-12,14H,4,10H2,1-3H3. The summed E-state index contributed by atoms with van der Waals surface area (Å²) in [5, 5.41) is 0. The summed E-state index contributed by atoms with van der Waals surface area (Å²) in [5.41, 5.74) is 1.20. The van der Waals surface area contributed by atoms with Crippen LogP contribution in [0, 0.1) is 5.92 Å². The third-order valence-corrected chi connectivity index (χ3v) is 4.79. The Labute approximate surface area is 104 Å². The number of hydrogen-bond acceptors (Lipinski definition) is 2. The van der Waals surface area contributed by atoms with Crippen molar-refractivity contribution in [3.63, 3.8) is 0 Å². The van der Waals surface area contributed by atoms with Crippen LogP contribution in [0.4, 0.5) is 0 Å². The first-order valence-electron chi connectivity index (χ1n) is 5.96. The third-order valence-electron chi connectivity index (χ3n) is 3.30. The summed E-state index contributed by atoms with van der Waals surface area (Å²) >= 11 is 0. The van der Waals surface area contributed by atoms with Gasteiger partial charge in [0.25, 0.3) is 0 Å². The molecule has 0 saturated heterocycles. The van der Waals surface area contributed by atoms with E-state index in [0.29, 0.717) is 0 Å². The molecule has 0 radical (unpaired) electrons. The molecule has 0 amide bonds. The second-order valence-corrected chi connectivity index (χ2v) is 6.32. The monoisotopic (exact) mass is 255 g/mol. The van der Waals surface area contributed by atoms with Crippen molar-refractivity contribution < 1.29 is 8.42 Å². The Morgan fingerprint density at radius 1 is 1.24 bits per heavy atom. The van der Waals surface area contributed by atoms with Crippen LogP contribution in [-0.2, 0) is 10.0 Å². The molecule has 0 aliphatic carbocycles. The molecule has 0 aliphatic rings. The van der Waals surface area contributed by atoms with Crippen LogP contribution in [0.2, 0.25) is 0 Å². The van der Waals surface area contributed by atoms with E-state index in [2.05, 4.69) is 23.8 Å². The minimum atomic E-state index is -3.13. The maximum Gasteiger partial charge on any atom is 0.211 e. The number of benzene rings is 1. The zero-order valence-electron chi connectivity index (χ0n) is 10.7. The van der Waals surface area contributed by atoms with E-state index in [-0.39, 0.29) is 17.6 Å². The molecule has 0 fully saturated rings. The van der Waals surface area contributed by atoms with E-state index >= 15 is 0 Å². The first kappa shape index (κ1) is 14.2. The molecule has 1 aromatic rings. The van der Waals surface area contributed by atoms with Crippen LogP contribution >= 0.6 is 0 Å². The number of nitrogens with one attached hydrogen (secondary N) is 1. The SMILES string of the molecule is CCC(CS(=O)(=O)NC)C(C)c1ccccc1. The average Bonchev–Trinajstić information content (AvgIpc) is 2.36. The molecule has 3 nitrogen and oxygen atoms in total. The second kappa shape index (κ2) is 6.17. The Hall–Kier alpha value is -0.870. The summed E-state index contributed by atoms with van der Waals surface area (Å²) in [6.07, 6.45) is 0.858. The van der Waals surface area contributed by atoms with Crippen molar-refractivity contribution in [3.05, 3.63) is 35.9 Å². The van der Waals surface area contributed by atoms with Crippen molar-refractivity contribution in [2.24, 2.45) is 5.92 Å². The van der Waals surface area contributed by atoms with E-state index < -0.39 is 10.0 Å². The second-order valence-electron chi connectivity index (χ2n) is 4.35. The van der Waals surface area contributed by atoms with E-state index in [9.17, 15) is 8.42 Å². The van der Waals surface area contributed by atoms with Crippen molar-refractivity contribution in [2.45, 2.75) is 26.2 Å². The molecule has 2 unspecified atom stereocenters. The lowest BCUT2D eigenvalue weighted by Crippen LogP contribution is -2.28. The average molecular weight is 255 g/mol. The fourth-order valence-corrected chi connectivity index (χ4v) is 3.26. The zero-order chi connectivity index (χ0) is 12.9. The van der Waals surface area contributed by atoms with Gasteiger partial charge in [-0.2, -0.15) is 0 Å². The molecule has 96 valence electrons. The normalized spacial score (nSPS) is 15.5. The molecule has 0 bridgehead atoms. The van der Waals surface area contributed by atoms with Gasteiger partial charge in [-0.3, -0.25) is 0 Å². The quantitative estimate of drug-likeness (QED) is 0.848. The first-order valence-corrected chi connectivity index (χ1v) is 7.61. The van der Waals surface area contributed by atoms with Crippen LogP contribution in [0.15, 0.2) is 30.3 Å². The maximum atomic E-state index is 11.6. The Morgan fingerprint density at radius 3 is 2.29 bits per heavy atom. The molecule has 0 heterocycles. The van der Waals surface area contributed by atoms with Crippen LogP contribution in [0.25, 0.3) is 0 Å². The maximum absolute atomic E-state index is 11.6. The molecule has 0 saturated carbocycles. The largest absolute Gasteiger partial charge is 0.218 e. The lowest BCUT2D eigenvalue weighted by Gasteiger charge is -2.22.